The molecule has 1 aromatic carbocycles. The zero-order valence-corrected chi connectivity index (χ0v) is 13.9. The molecule has 0 spiro atoms. The smallest absolute Gasteiger partial charge is 0.302 e. The zero-order valence-electron chi connectivity index (χ0n) is 13.9. The first-order valence-corrected chi connectivity index (χ1v) is 7.99. The lowest BCUT2D eigenvalue weighted by Gasteiger charge is -2.07. The summed E-state index contributed by atoms with van der Waals surface area (Å²) in [5.74, 6) is 0.594. The van der Waals surface area contributed by atoms with Crippen molar-refractivity contribution in [3.8, 4) is 11.8 Å². The van der Waals surface area contributed by atoms with Crippen molar-refractivity contribution in [1.29, 1.82) is 0 Å². The van der Waals surface area contributed by atoms with Gasteiger partial charge in [-0.05, 0) is 37.6 Å². The predicted octanol–water partition coefficient (Wildman–Crippen LogP) is 3.36. The van der Waals surface area contributed by atoms with Crippen molar-refractivity contribution in [1.82, 2.24) is 15.0 Å². The number of aromatic nitrogens is 3. The van der Waals surface area contributed by atoms with Gasteiger partial charge >= 0.3 is 6.01 Å². The van der Waals surface area contributed by atoms with E-state index in [1.807, 2.05) is 31.2 Å². The molecule has 1 N–H and O–H groups in total. The first-order valence-electron chi connectivity index (χ1n) is 7.99. The van der Waals surface area contributed by atoms with Crippen LogP contribution in [0.3, 0.4) is 0 Å². The molecule has 4 rings (SSSR count). The van der Waals surface area contributed by atoms with E-state index in [9.17, 15) is 4.79 Å². The van der Waals surface area contributed by atoms with Crippen LogP contribution < -0.4 is 10.3 Å². The van der Waals surface area contributed by atoms with Gasteiger partial charge in [0.05, 0.1) is 23.1 Å². The largest absolute Gasteiger partial charge is 0.426 e. The lowest BCUT2D eigenvalue weighted by atomic mass is 10.0. The van der Waals surface area contributed by atoms with E-state index in [1.165, 1.54) is 6.20 Å². The van der Waals surface area contributed by atoms with Crippen LogP contribution in [0.15, 0.2) is 58.6 Å². The highest BCUT2D eigenvalue weighted by molar-refractivity contribution is 6.24. The Morgan fingerprint density at radius 2 is 1.96 bits per heavy atom. The summed E-state index contributed by atoms with van der Waals surface area (Å²) in [4.78, 5) is 27.5. The molecule has 6 heteroatoms. The van der Waals surface area contributed by atoms with Crippen molar-refractivity contribution in [3.63, 3.8) is 0 Å². The van der Waals surface area contributed by atoms with Crippen molar-refractivity contribution in [2.24, 2.45) is 4.99 Å². The Balaban J connectivity index is 1.61. The molecule has 1 aliphatic rings. The molecule has 0 saturated heterocycles. The van der Waals surface area contributed by atoms with Crippen LogP contribution in [-0.2, 0) is 0 Å². The van der Waals surface area contributed by atoms with Gasteiger partial charge in [0, 0.05) is 17.5 Å². The highest BCUT2D eigenvalue weighted by Crippen LogP contribution is 2.26. The molecule has 3 heterocycles. The normalized spacial score (nSPS) is 16.6. The molecule has 124 valence electrons. The number of rotatable bonds is 3. The molecule has 6 nitrogen and oxygen atoms in total. The van der Waals surface area contributed by atoms with Crippen LogP contribution in [0.4, 0.5) is 0 Å². The van der Waals surface area contributed by atoms with Crippen molar-refractivity contribution in [2.75, 3.05) is 0 Å². The van der Waals surface area contributed by atoms with E-state index in [0.29, 0.717) is 16.7 Å². The number of aromatic amines is 1. The van der Waals surface area contributed by atoms with Gasteiger partial charge in [-0.1, -0.05) is 18.2 Å². The molecule has 25 heavy (non-hydrogen) atoms. The lowest BCUT2D eigenvalue weighted by molar-refractivity contribution is 0.442. The third-order valence-corrected chi connectivity index (χ3v) is 4.06. The molecule has 2 aromatic heterocycles. The second kappa shape index (κ2) is 5.98. The van der Waals surface area contributed by atoms with Gasteiger partial charge in [0.1, 0.15) is 5.75 Å². The van der Waals surface area contributed by atoms with Gasteiger partial charge in [-0.25, -0.2) is 0 Å². The molecule has 0 radical (unpaired) electrons. The van der Waals surface area contributed by atoms with Crippen LogP contribution in [0.25, 0.3) is 16.5 Å². The molecule has 0 saturated carbocycles. The van der Waals surface area contributed by atoms with Crippen molar-refractivity contribution >= 4 is 22.2 Å². The van der Waals surface area contributed by atoms with Crippen LogP contribution in [0.2, 0.25) is 0 Å². The average Bonchev–Trinajstić information content (AvgIpc) is 2.94. The van der Waals surface area contributed by atoms with E-state index in [1.54, 1.807) is 12.3 Å². The minimum absolute atomic E-state index is 0.143. The Morgan fingerprint density at radius 1 is 1.16 bits per heavy atom. The quantitative estimate of drug-likeness (QED) is 0.797. The molecule has 3 aromatic rings. The maximum absolute atomic E-state index is 12.1. The van der Waals surface area contributed by atoms with E-state index in [0.717, 1.165) is 16.8 Å². The monoisotopic (exact) mass is 332 g/mol. The highest BCUT2D eigenvalue weighted by atomic mass is 16.5. The number of allylic oxidation sites excluding steroid dienone is 1. The fourth-order valence-electron chi connectivity index (χ4n) is 2.91. The van der Waals surface area contributed by atoms with Crippen molar-refractivity contribution in [2.45, 2.75) is 19.9 Å². The number of H-pyrrole nitrogens is 1. The van der Waals surface area contributed by atoms with E-state index < -0.39 is 0 Å². The SMILES string of the molecule is CC1=NC(C)C=C1c1ccc(Oc2nc3cnccc3c(=O)[nH]2)cc1. The summed E-state index contributed by atoms with van der Waals surface area (Å²) in [5.41, 5.74) is 3.50. The molecule has 0 amide bonds. The molecule has 0 fully saturated rings. The molecule has 1 atom stereocenters. The summed E-state index contributed by atoms with van der Waals surface area (Å²) in [7, 11) is 0. The predicted molar refractivity (Wildman–Crippen MR) is 97.2 cm³/mol. The molecular formula is C19H16N4O2. The topological polar surface area (TPSA) is 80.2 Å². The van der Waals surface area contributed by atoms with Crippen LogP contribution in [-0.4, -0.2) is 26.7 Å². The molecule has 0 bridgehead atoms. The van der Waals surface area contributed by atoms with E-state index in [2.05, 4.69) is 32.9 Å². The van der Waals surface area contributed by atoms with E-state index in [-0.39, 0.29) is 17.6 Å². The standard InChI is InChI=1S/C19H16N4O2/c1-11-9-16(12(2)21-11)13-3-5-14(6-4-13)25-19-22-17-10-20-8-7-15(17)18(24)23-19/h3-11H,1-2H3,(H,22,23,24). The Morgan fingerprint density at radius 3 is 2.68 bits per heavy atom. The number of ether oxygens (including phenoxy) is 1. The fraction of sp³-hybridized carbons (Fsp3) is 0.158. The summed E-state index contributed by atoms with van der Waals surface area (Å²) in [6.07, 6.45) is 5.24. The van der Waals surface area contributed by atoms with Crippen LogP contribution in [0.1, 0.15) is 19.4 Å². The minimum atomic E-state index is -0.254. The second-order valence-corrected chi connectivity index (χ2v) is 5.93. The Bertz CT molecular complexity index is 1060. The number of hydrogen-bond acceptors (Lipinski definition) is 5. The van der Waals surface area contributed by atoms with Gasteiger partial charge in [0.25, 0.3) is 5.56 Å². The Kier molecular flexibility index (Phi) is 3.65. The Hall–Kier alpha value is -3.28. The van der Waals surface area contributed by atoms with Gasteiger partial charge in [-0.3, -0.25) is 19.8 Å². The van der Waals surface area contributed by atoms with E-state index in [4.69, 9.17) is 4.74 Å². The number of aliphatic imine (C=N–C) groups is 1. The first-order chi connectivity index (χ1) is 12.1. The van der Waals surface area contributed by atoms with Crippen molar-refractivity contribution < 1.29 is 4.74 Å². The van der Waals surface area contributed by atoms with E-state index >= 15 is 0 Å². The van der Waals surface area contributed by atoms with Gasteiger partial charge in [-0.15, -0.1) is 0 Å². The lowest BCUT2D eigenvalue weighted by Crippen LogP contribution is -2.09. The number of nitrogens with one attached hydrogen (secondary N) is 1. The maximum atomic E-state index is 12.1. The minimum Gasteiger partial charge on any atom is -0.426 e. The molecule has 1 unspecified atom stereocenters. The number of benzene rings is 1. The highest BCUT2D eigenvalue weighted by Gasteiger charge is 2.14. The summed E-state index contributed by atoms with van der Waals surface area (Å²) < 4.78 is 5.69. The van der Waals surface area contributed by atoms with Gasteiger partial charge in [0.15, 0.2) is 0 Å². The number of fused-ring (bicyclic) bond motifs is 1. The van der Waals surface area contributed by atoms with Gasteiger partial charge < -0.3 is 4.74 Å². The molecule has 1 aliphatic heterocycles. The summed E-state index contributed by atoms with van der Waals surface area (Å²) in [6, 6.07) is 9.62. The van der Waals surface area contributed by atoms with Crippen LogP contribution >= 0.6 is 0 Å². The number of hydrogen-bond donors (Lipinski definition) is 1. The Labute approximate surface area is 143 Å². The van der Waals surface area contributed by atoms with Crippen LogP contribution in [0.5, 0.6) is 11.8 Å². The number of pyridine rings is 1. The van der Waals surface area contributed by atoms with Crippen LogP contribution in [0, 0.1) is 0 Å². The third-order valence-electron chi connectivity index (χ3n) is 4.06. The zero-order chi connectivity index (χ0) is 17.4. The average molecular weight is 332 g/mol. The first kappa shape index (κ1) is 15.3. The summed E-state index contributed by atoms with van der Waals surface area (Å²) >= 11 is 0. The summed E-state index contributed by atoms with van der Waals surface area (Å²) in [6.45, 7) is 4.07. The second-order valence-electron chi connectivity index (χ2n) is 5.93. The van der Waals surface area contributed by atoms with Gasteiger partial charge in [-0.2, -0.15) is 4.98 Å². The number of nitrogens with zero attached hydrogens (tertiary/aromatic N) is 3. The summed E-state index contributed by atoms with van der Waals surface area (Å²) in [5, 5.41) is 0.481. The third kappa shape index (κ3) is 2.94. The van der Waals surface area contributed by atoms with Crippen molar-refractivity contribution in [3.05, 3.63) is 64.7 Å². The fourth-order valence-corrected chi connectivity index (χ4v) is 2.91. The maximum Gasteiger partial charge on any atom is 0.302 e. The molecule has 0 aliphatic carbocycles. The van der Waals surface area contributed by atoms with Gasteiger partial charge in [0.2, 0.25) is 0 Å². The molecular weight excluding hydrogens is 316 g/mol.